The molecule has 17 unspecified atom stereocenters. The monoisotopic (exact) mass is 1040 g/mol. The zero-order valence-electron chi connectivity index (χ0n) is 44.6. The fourth-order valence-corrected chi connectivity index (χ4v) is 22.6. The van der Waals surface area contributed by atoms with Crippen LogP contribution in [0.3, 0.4) is 0 Å². The van der Waals surface area contributed by atoms with Gasteiger partial charge in [-0.1, -0.05) is 97.3 Å². The molecule has 0 aromatic carbocycles. The highest BCUT2D eigenvalue weighted by molar-refractivity contribution is 8.76. The molecule has 0 amide bonds. The van der Waals surface area contributed by atoms with Crippen LogP contribution in [0.2, 0.25) is 0 Å². The van der Waals surface area contributed by atoms with E-state index in [2.05, 4.69) is 48.8 Å². The van der Waals surface area contributed by atoms with Crippen LogP contribution in [-0.4, -0.2) is 107 Å². The highest BCUT2D eigenvalue weighted by Gasteiger charge is 2.75. The summed E-state index contributed by atoms with van der Waals surface area (Å²) in [6.07, 6.45) is 21.6. The van der Waals surface area contributed by atoms with Crippen LogP contribution in [0.15, 0.2) is 57.7 Å². The molecular weight excluding hydrogens is 955 g/mol. The predicted octanol–water partition coefficient (Wildman–Crippen LogP) is 8.68. The Bertz CT molecular complexity index is 2360. The van der Waals surface area contributed by atoms with E-state index in [1.54, 1.807) is 40.5 Å². The van der Waals surface area contributed by atoms with Crippen molar-refractivity contribution in [1.29, 1.82) is 0 Å². The number of hydrogen-bond donors (Lipinski definition) is 8. The molecule has 1 aromatic rings. The quantitative estimate of drug-likeness (QED) is 0.0385. The molecule has 14 heteroatoms. The van der Waals surface area contributed by atoms with E-state index in [4.69, 9.17) is 10.7 Å². The topological polar surface area (TPSA) is 207 Å². The van der Waals surface area contributed by atoms with Crippen molar-refractivity contribution >= 4 is 33.3 Å². The van der Waals surface area contributed by atoms with Gasteiger partial charge in [0.2, 0.25) is 0 Å². The van der Waals surface area contributed by atoms with Crippen molar-refractivity contribution in [3.8, 4) is 0 Å². The Morgan fingerprint density at radius 1 is 0.973 bits per heavy atom. The summed E-state index contributed by atoms with van der Waals surface area (Å²) in [5.74, 6) is 0.349. The van der Waals surface area contributed by atoms with Crippen molar-refractivity contribution in [2.45, 2.75) is 193 Å². The van der Waals surface area contributed by atoms with Crippen molar-refractivity contribution in [2.75, 3.05) is 24.7 Å². The molecule has 1 spiro atoms. The molecular formula is C59H89N5O7S2. The summed E-state index contributed by atoms with van der Waals surface area (Å²) in [4.78, 5) is 24.8. The third-order valence-electron chi connectivity index (χ3n) is 22.2. The molecule has 1 saturated heterocycles. The molecule has 9 N–H and O–H groups in total. The van der Waals surface area contributed by atoms with Gasteiger partial charge in [0.05, 0.1) is 36.8 Å². The molecule has 17 atom stereocenters. The van der Waals surface area contributed by atoms with Gasteiger partial charge in [0, 0.05) is 65.6 Å². The number of ketones is 1. The van der Waals surface area contributed by atoms with Gasteiger partial charge in [-0.2, -0.15) is 0 Å². The lowest BCUT2D eigenvalue weighted by Gasteiger charge is -2.65. The number of nitrogens with two attached hydrogens (primary N) is 1. The smallest absolute Gasteiger partial charge is 0.190 e. The Labute approximate surface area is 443 Å². The maximum Gasteiger partial charge on any atom is 0.190 e. The lowest BCUT2D eigenvalue weighted by molar-refractivity contribution is -0.189. The fourth-order valence-electron chi connectivity index (χ4n) is 19.8. The van der Waals surface area contributed by atoms with Gasteiger partial charge in [0.1, 0.15) is 6.23 Å². The van der Waals surface area contributed by atoms with E-state index in [0.29, 0.717) is 53.8 Å². The number of fused-ring (bicyclic) bond motifs is 14. The Morgan fingerprint density at radius 2 is 1.73 bits per heavy atom. The van der Waals surface area contributed by atoms with E-state index in [0.717, 1.165) is 57.1 Å². The zero-order chi connectivity index (χ0) is 51.4. The third kappa shape index (κ3) is 8.46. The van der Waals surface area contributed by atoms with Crippen molar-refractivity contribution in [1.82, 2.24) is 14.9 Å². The first-order chi connectivity index (χ1) is 34.9. The summed E-state index contributed by atoms with van der Waals surface area (Å²) in [6.45, 7) is 10.9. The standard InChI is InChI=1S/C59H89N5O7S2/c1-33(2)11-9-18-57-27-47(69)46(68)23-43(57)45(67)24-44-50(57)36(28-62-54(60)63-34(3)66)25-58(31-65)42-22-37(59(44,58)71)29-72-73-30-38(64-20-19-61-32-64)26-55(4,5)52-40-14-10-17-56(15-6-7-16-56)51(40)39-13-8-12-35-21-41(42)53(70)49(52)48(35)39/h19-20,24,32-38,41-43,46-47,49-51,53,65-66,68-71H,6-18,21-23,25-31H2,1-5H3,(H3,60,62,63). The van der Waals surface area contributed by atoms with E-state index in [1.165, 1.54) is 44.1 Å². The molecule has 11 rings (SSSR count). The Morgan fingerprint density at radius 3 is 2.45 bits per heavy atom. The molecule has 73 heavy (non-hydrogen) atoms. The minimum Gasteiger partial charge on any atom is -0.396 e. The van der Waals surface area contributed by atoms with Crippen LogP contribution in [0.25, 0.3) is 0 Å². The number of allylic oxidation sites excluding steroid dienone is 3. The molecule has 2 heterocycles. The number of aliphatic hydroxyl groups is 6. The maximum atomic E-state index is 15.2. The van der Waals surface area contributed by atoms with Gasteiger partial charge in [-0.05, 0) is 167 Å². The number of rotatable bonds is 9. The average molecular weight is 1040 g/mol. The number of imidazole rings is 1. The van der Waals surface area contributed by atoms with Crippen molar-refractivity contribution in [3.05, 3.63) is 52.7 Å². The minimum absolute atomic E-state index is 0.0978. The summed E-state index contributed by atoms with van der Waals surface area (Å²) in [7, 11) is 3.65. The Kier molecular flexibility index (Phi) is 14.4. The van der Waals surface area contributed by atoms with E-state index in [9.17, 15) is 30.6 Å². The summed E-state index contributed by atoms with van der Waals surface area (Å²) in [5, 5.41) is 77.8. The number of aromatic nitrogens is 2. The van der Waals surface area contributed by atoms with Crippen LogP contribution in [0.5, 0.6) is 0 Å². The van der Waals surface area contributed by atoms with Gasteiger partial charge < -0.3 is 46.3 Å². The first kappa shape index (κ1) is 52.9. The molecule has 12 nitrogen and oxygen atoms in total. The summed E-state index contributed by atoms with van der Waals surface area (Å²) < 4.78 is 2.30. The second kappa shape index (κ2) is 19.9. The third-order valence-corrected chi connectivity index (χ3v) is 24.8. The number of nitrogens with zero attached hydrogens (tertiary/aromatic N) is 3. The molecule has 7 fully saturated rings. The van der Waals surface area contributed by atoms with Crippen LogP contribution in [0.1, 0.15) is 163 Å². The first-order valence-corrected chi connectivity index (χ1v) is 31.4. The second-order valence-corrected chi connectivity index (χ2v) is 29.4. The first-order valence-electron chi connectivity index (χ1n) is 29.0. The van der Waals surface area contributed by atoms with Gasteiger partial charge in [-0.15, -0.1) is 0 Å². The number of aliphatic hydroxyl groups excluding tert-OH is 5. The number of carbonyl (C=O) groups is 1. The number of aliphatic imine (C=N–C) groups is 1. The molecule has 404 valence electrons. The molecule has 10 aliphatic rings. The second-order valence-electron chi connectivity index (χ2n) is 26.8. The summed E-state index contributed by atoms with van der Waals surface area (Å²) in [6, 6.07) is 0.143. The lowest BCUT2D eigenvalue weighted by Crippen LogP contribution is -2.68. The molecule has 9 aliphatic carbocycles. The van der Waals surface area contributed by atoms with E-state index in [1.807, 2.05) is 23.3 Å². The van der Waals surface area contributed by atoms with E-state index < -0.39 is 52.8 Å². The van der Waals surface area contributed by atoms with Crippen molar-refractivity contribution in [3.63, 3.8) is 0 Å². The minimum atomic E-state index is -1.62. The Hall–Kier alpha value is -2.17. The fraction of sp³-hybridized carbons (Fsp3) is 0.814. The highest BCUT2D eigenvalue weighted by Crippen LogP contribution is 2.75. The number of guanidine groups is 1. The average Bonchev–Trinajstić information content (AvgIpc) is 4.11. The summed E-state index contributed by atoms with van der Waals surface area (Å²) in [5.41, 5.74) is 10.1. The molecule has 6 saturated carbocycles. The SMILES string of the molecule is CC(C)CCCC12CC(O)C(O)CC1C(=O)C=C1C2C(CN=C(N)NC(C)O)CC2(CO)C3CC(CSSCC(n4ccnc4)CC(C)(C)C4=C5CCCC6(CCCC6)C5C5=C6C(CCC5)CC3C(O)C64)C12O. The molecule has 0 radical (unpaired) electrons. The van der Waals surface area contributed by atoms with E-state index >= 15 is 4.79 Å². The van der Waals surface area contributed by atoms with Gasteiger partial charge in [-0.25, -0.2) is 4.98 Å². The highest BCUT2D eigenvalue weighted by atomic mass is 33.1. The molecule has 1 aromatic heterocycles. The molecule has 1 aliphatic heterocycles. The van der Waals surface area contributed by atoms with Crippen LogP contribution in [0.4, 0.5) is 0 Å². The summed E-state index contributed by atoms with van der Waals surface area (Å²) >= 11 is 0. The molecule has 4 bridgehead atoms. The number of nitrogens with one attached hydrogen (secondary N) is 1. The van der Waals surface area contributed by atoms with Gasteiger partial charge in [-0.3, -0.25) is 9.79 Å². The lowest BCUT2D eigenvalue weighted by atomic mass is 9.40. The van der Waals surface area contributed by atoms with Crippen molar-refractivity contribution in [2.24, 2.45) is 91.6 Å². The van der Waals surface area contributed by atoms with Crippen LogP contribution >= 0.6 is 21.6 Å². The van der Waals surface area contributed by atoms with Gasteiger partial charge in [0.25, 0.3) is 0 Å². The Balaban J connectivity index is 1.10. The van der Waals surface area contributed by atoms with Crippen LogP contribution in [0, 0.1) is 80.8 Å². The van der Waals surface area contributed by atoms with Gasteiger partial charge >= 0.3 is 0 Å². The normalized spacial score (nSPS) is 43.5. The predicted molar refractivity (Wildman–Crippen MR) is 290 cm³/mol. The largest absolute Gasteiger partial charge is 0.396 e. The maximum absolute atomic E-state index is 15.2. The number of hydrogen-bond acceptors (Lipinski definition) is 11. The van der Waals surface area contributed by atoms with Gasteiger partial charge in [0.15, 0.2) is 11.7 Å². The van der Waals surface area contributed by atoms with Crippen LogP contribution < -0.4 is 11.1 Å². The number of carbonyl (C=O) groups excluding carboxylic acids is 1. The van der Waals surface area contributed by atoms with Crippen molar-refractivity contribution < 1.29 is 35.4 Å². The zero-order valence-corrected chi connectivity index (χ0v) is 46.2. The van der Waals surface area contributed by atoms with E-state index in [-0.39, 0.29) is 78.8 Å². The van der Waals surface area contributed by atoms with Crippen LogP contribution in [-0.2, 0) is 4.79 Å².